The highest BCUT2D eigenvalue weighted by Gasteiger charge is 2.14. The molecule has 0 radical (unpaired) electrons. The van der Waals surface area contributed by atoms with Crippen LogP contribution in [0.4, 0.5) is 0 Å². The summed E-state index contributed by atoms with van der Waals surface area (Å²) in [5.41, 5.74) is 4.73. The normalized spacial score (nSPS) is 13.8. The van der Waals surface area contributed by atoms with Crippen molar-refractivity contribution in [1.82, 2.24) is 4.98 Å². The van der Waals surface area contributed by atoms with Crippen LogP contribution in [-0.2, 0) is 24.4 Å². The molecule has 22 heavy (non-hydrogen) atoms. The summed E-state index contributed by atoms with van der Waals surface area (Å²) in [6.45, 7) is 2.02. The van der Waals surface area contributed by atoms with Crippen molar-refractivity contribution in [3.05, 3.63) is 71.4 Å². The molecule has 0 unspecified atom stereocenters. The molecule has 1 aliphatic heterocycles. The number of hydrogen-bond acceptors (Lipinski definition) is 3. The topological polar surface area (TPSA) is 31.4 Å². The highest BCUT2D eigenvalue weighted by molar-refractivity contribution is 5.84. The van der Waals surface area contributed by atoms with E-state index in [1.807, 2.05) is 36.5 Å². The molecule has 3 aromatic rings. The van der Waals surface area contributed by atoms with Crippen molar-refractivity contribution in [3.63, 3.8) is 0 Å². The first-order chi connectivity index (χ1) is 10.9. The molecule has 4 rings (SSSR count). The van der Waals surface area contributed by atoms with Crippen molar-refractivity contribution in [1.29, 1.82) is 0 Å². The number of hydrogen-bond donors (Lipinski definition) is 0. The van der Waals surface area contributed by atoms with Gasteiger partial charge < -0.3 is 9.47 Å². The van der Waals surface area contributed by atoms with E-state index in [1.165, 1.54) is 22.1 Å². The summed E-state index contributed by atoms with van der Waals surface area (Å²) in [6, 6.07) is 16.3. The molecule has 0 saturated heterocycles. The number of benzene rings is 2. The van der Waals surface area contributed by atoms with Gasteiger partial charge in [0.25, 0.3) is 0 Å². The van der Waals surface area contributed by atoms with Gasteiger partial charge in [-0.15, -0.1) is 0 Å². The first-order valence-electron chi connectivity index (χ1n) is 7.55. The lowest BCUT2D eigenvalue weighted by Crippen LogP contribution is -2.10. The summed E-state index contributed by atoms with van der Waals surface area (Å²) in [5, 5.41) is 1.19. The number of pyridine rings is 1. The van der Waals surface area contributed by atoms with Gasteiger partial charge in [0, 0.05) is 11.6 Å². The average Bonchev–Trinajstić information content (AvgIpc) is 2.60. The number of aromatic nitrogens is 1. The molecule has 3 heteroatoms. The Morgan fingerprint density at radius 1 is 1.09 bits per heavy atom. The van der Waals surface area contributed by atoms with Crippen LogP contribution in [0.1, 0.15) is 16.7 Å². The summed E-state index contributed by atoms with van der Waals surface area (Å²) < 4.78 is 11.4. The van der Waals surface area contributed by atoms with Crippen molar-refractivity contribution in [2.24, 2.45) is 0 Å². The molecule has 0 bridgehead atoms. The largest absolute Gasteiger partial charge is 0.489 e. The lowest BCUT2D eigenvalue weighted by atomic mass is 10.00. The maximum absolute atomic E-state index is 5.93. The average molecular weight is 291 g/mol. The first kappa shape index (κ1) is 13.3. The molecule has 0 aliphatic carbocycles. The third-order valence-corrected chi connectivity index (χ3v) is 4.04. The van der Waals surface area contributed by atoms with Gasteiger partial charge in [0.2, 0.25) is 0 Å². The van der Waals surface area contributed by atoms with Gasteiger partial charge in [0.15, 0.2) is 0 Å². The van der Waals surface area contributed by atoms with Crippen LogP contribution in [0.15, 0.2) is 54.7 Å². The minimum atomic E-state index is 0.581. The second kappa shape index (κ2) is 5.78. The molecule has 0 atom stereocenters. The Kier molecular flexibility index (Phi) is 3.49. The molecule has 0 fully saturated rings. The van der Waals surface area contributed by atoms with Crippen molar-refractivity contribution in [2.75, 3.05) is 6.61 Å². The SMILES string of the molecule is c1ccc(COc2ccc3ncc4c(c3c2)CCOC4)cc1. The number of rotatable bonds is 3. The third kappa shape index (κ3) is 2.55. The van der Waals surface area contributed by atoms with Gasteiger partial charge in [-0.25, -0.2) is 0 Å². The molecule has 1 aliphatic rings. The summed E-state index contributed by atoms with van der Waals surface area (Å²) in [7, 11) is 0. The molecule has 110 valence electrons. The van der Waals surface area contributed by atoms with Crippen LogP contribution in [0, 0.1) is 0 Å². The highest BCUT2D eigenvalue weighted by Crippen LogP contribution is 2.28. The van der Waals surface area contributed by atoms with E-state index >= 15 is 0 Å². The standard InChI is InChI=1S/C19H17NO2/c1-2-4-14(5-3-1)12-22-16-6-7-19-18(10-16)17-8-9-21-13-15(17)11-20-19/h1-7,10-11H,8-9,12-13H2. The van der Waals surface area contributed by atoms with Gasteiger partial charge in [-0.05, 0) is 41.3 Å². The first-order valence-corrected chi connectivity index (χ1v) is 7.55. The van der Waals surface area contributed by atoms with Crippen LogP contribution >= 0.6 is 0 Å². The van der Waals surface area contributed by atoms with Crippen LogP contribution in [0.2, 0.25) is 0 Å². The van der Waals surface area contributed by atoms with E-state index in [0.717, 1.165) is 24.3 Å². The Balaban J connectivity index is 1.65. The van der Waals surface area contributed by atoms with Crippen molar-refractivity contribution in [3.8, 4) is 5.75 Å². The second-order valence-electron chi connectivity index (χ2n) is 5.52. The minimum absolute atomic E-state index is 0.581. The maximum atomic E-state index is 5.93. The molecular formula is C19H17NO2. The van der Waals surface area contributed by atoms with Gasteiger partial charge in [-0.1, -0.05) is 30.3 Å². The Morgan fingerprint density at radius 3 is 2.91 bits per heavy atom. The molecule has 0 saturated carbocycles. The fraction of sp³-hybridized carbons (Fsp3) is 0.211. The van der Waals surface area contributed by atoms with Gasteiger partial charge in [-0.3, -0.25) is 4.98 Å². The molecule has 3 nitrogen and oxygen atoms in total. The Morgan fingerprint density at radius 2 is 2.00 bits per heavy atom. The summed E-state index contributed by atoms with van der Waals surface area (Å²) >= 11 is 0. The van der Waals surface area contributed by atoms with E-state index in [0.29, 0.717) is 13.2 Å². The van der Waals surface area contributed by atoms with Gasteiger partial charge in [-0.2, -0.15) is 0 Å². The van der Waals surface area contributed by atoms with E-state index in [9.17, 15) is 0 Å². The zero-order valence-corrected chi connectivity index (χ0v) is 12.3. The van der Waals surface area contributed by atoms with E-state index in [1.54, 1.807) is 0 Å². The maximum Gasteiger partial charge on any atom is 0.120 e. The molecule has 2 heterocycles. The van der Waals surface area contributed by atoms with E-state index in [4.69, 9.17) is 9.47 Å². The van der Waals surface area contributed by atoms with Gasteiger partial charge in [0.1, 0.15) is 12.4 Å². The third-order valence-electron chi connectivity index (χ3n) is 4.04. The van der Waals surface area contributed by atoms with Crippen LogP contribution < -0.4 is 4.74 Å². The second-order valence-corrected chi connectivity index (χ2v) is 5.52. The van der Waals surface area contributed by atoms with Gasteiger partial charge >= 0.3 is 0 Å². The molecule has 2 aromatic carbocycles. The van der Waals surface area contributed by atoms with Crippen LogP contribution in [-0.4, -0.2) is 11.6 Å². The Hall–Kier alpha value is -2.39. The van der Waals surface area contributed by atoms with Crippen molar-refractivity contribution >= 4 is 10.9 Å². The van der Waals surface area contributed by atoms with E-state index in [-0.39, 0.29) is 0 Å². The van der Waals surface area contributed by atoms with Crippen LogP contribution in [0.25, 0.3) is 10.9 Å². The van der Waals surface area contributed by atoms with Crippen LogP contribution in [0.3, 0.4) is 0 Å². The Labute approximate surface area is 129 Å². The summed E-state index contributed by atoms with van der Waals surface area (Å²) in [6.07, 6.45) is 2.87. The van der Waals surface area contributed by atoms with Crippen molar-refractivity contribution in [2.45, 2.75) is 19.6 Å². The van der Waals surface area contributed by atoms with E-state index < -0.39 is 0 Å². The predicted octanol–water partition coefficient (Wildman–Crippen LogP) is 3.89. The quantitative estimate of drug-likeness (QED) is 0.733. The zero-order valence-electron chi connectivity index (χ0n) is 12.3. The monoisotopic (exact) mass is 291 g/mol. The zero-order chi connectivity index (χ0) is 14.8. The minimum Gasteiger partial charge on any atom is -0.489 e. The van der Waals surface area contributed by atoms with E-state index in [2.05, 4.69) is 23.2 Å². The molecule has 0 spiro atoms. The number of ether oxygens (including phenoxy) is 2. The lowest BCUT2D eigenvalue weighted by molar-refractivity contribution is 0.111. The van der Waals surface area contributed by atoms with Crippen LogP contribution in [0.5, 0.6) is 5.75 Å². The van der Waals surface area contributed by atoms with Gasteiger partial charge in [0.05, 0.1) is 18.7 Å². The molecular weight excluding hydrogens is 274 g/mol. The number of nitrogens with zero attached hydrogens (tertiary/aromatic N) is 1. The smallest absolute Gasteiger partial charge is 0.120 e. The highest BCUT2D eigenvalue weighted by atomic mass is 16.5. The molecule has 0 N–H and O–H groups in total. The summed E-state index contributed by atoms with van der Waals surface area (Å²) in [5.74, 6) is 0.887. The van der Waals surface area contributed by atoms with Crippen molar-refractivity contribution < 1.29 is 9.47 Å². The fourth-order valence-electron chi connectivity index (χ4n) is 2.87. The lowest BCUT2D eigenvalue weighted by Gasteiger charge is -2.18. The Bertz CT molecular complexity index is 799. The fourth-order valence-corrected chi connectivity index (χ4v) is 2.87. The number of fused-ring (bicyclic) bond motifs is 3. The summed E-state index contributed by atoms with van der Waals surface area (Å²) in [4.78, 5) is 4.52. The molecule has 1 aromatic heterocycles. The predicted molar refractivity (Wildman–Crippen MR) is 85.9 cm³/mol. The molecule has 0 amide bonds.